The molecule has 0 unspecified atom stereocenters. The van der Waals surface area contributed by atoms with Crippen molar-refractivity contribution in [2.45, 2.75) is 19.2 Å². The number of rotatable bonds is 1. The van der Waals surface area contributed by atoms with E-state index in [-0.39, 0.29) is 5.56 Å². The van der Waals surface area contributed by atoms with Crippen molar-refractivity contribution in [2.24, 2.45) is 0 Å². The number of benzene rings is 1. The van der Waals surface area contributed by atoms with Crippen LogP contribution in [0.5, 0.6) is 0 Å². The van der Waals surface area contributed by atoms with Crippen LogP contribution >= 0.6 is 0 Å². The smallest absolute Gasteiger partial charge is 0.379 e. The zero-order valence-corrected chi connectivity index (χ0v) is 8.47. The van der Waals surface area contributed by atoms with Gasteiger partial charge >= 0.3 is 6.18 Å². The van der Waals surface area contributed by atoms with Crippen LogP contribution in [0.15, 0.2) is 24.4 Å². The Hall–Kier alpha value is -1.49. The molecule has 0 bridgehead atoms. The van der Waals surface area contributed by atoms with E-state index in [9.17, 15) is 18.3 Å². The number of H-pyrrole nitrogens is 1. The number of aliphatic hydroxyl groups excluding tert-OH is 1. The minimum atomic E-state index is -4.64. The molecule has 0 saturated carbocycles. The number of aromatic amines is 1. The van der Waals surface area contributed by atoms with E-state index in [4.69, 9.17) is 0 Å². The number of aliphatic hydroxyl groups is 1. The third kappa shape index (κ3) is 1.78. The molecule has 0 radical (unpaired) electrons. The van der Waals surface area contributed by atoms with Gasteiger partial charge in [-0.2, -0.15) is 13.2 Å². The molecule has 0 aliphatic heterocycles. The molecule has 2 aromatic rings. The minimum Gasteiger partial charge on any atom is -0.379 e. The van der Waals surface area contributed by atoms with Crippen LogP contribution in [0.2, 0.25) is 0 Å². The van der Waals surface area contributed by atoms with E-state index >= 15 is 0 Å². The first-order valence-electron chi connectivity index (χ1n) is 4.72. The first-order valence-corrected chi connectivity index (χ1v) is 4.72. The zero-order chi connectivity index (χ0) is 11.9. The molecular formula is C11H10F3NO. The van der Waals surface area contributed by atoms with E-state index in [1.807, 2.05) is 0 Å². The van der Waals surface area contributed by atoms with Gasteiger partial charge in [-0.1, -0.05) is 11.6 Å². The summed E-state index contributed by atoms with van der Waals surface area (Å²) in [5.74, 6) is 0. The molecule has 16 heavy (non-hydrogen) atoms. The second-order valence-electron chi connectivity index (χ2n) is 3.74. The monoisotopic (exact) mass is 229 g/mol. The van der Waals surface area contributed by atoms with Gasteiger partial charge in [-0.25, -0.2) is 0 Å². The summed E-state index contributed by atoms with van der Waals surface area (Å²) >= 11 is 0. The molecule has 0 aliphatic carbocycles. The van der Waals surface area contributed by atoms with Gasteiger partial charge in [-0.15, -0.1) is 0 Å². The van der Waals surface area contributed by atoms with E-state index in [2.05, 4.69) is 4.98 Å². The highest BCUT2D eigenvalue weighted by molar-refractivity contribution is 5.84. The highest BCUT2D eigenvalue weighted by Gasteiger charge is 2.40. The number of nitrogens with one attached hydrogen (secondary N) is 1. The lowest BCUT2D eigenvalue weighted by Crippen LogP contribution is -2.19. The number of alkyl halides is 3. The first-order chi connectivity index (χ1) is 7.39. The predicted molar refractivity (Wildman–Crippen MR) is 54.1 cm³/mol. The number of hydrogen-bond donors (Lipinski definition) is 2. The average Bonchev–Trinajstić information content (AvgIpc) is 2.57. The van der Waals surface area contributed by atoms with Crippen LogP contribution in [-0.4, -0.2) is 16.3 Å². The van der Waals surface area contributed by atoms with Gasteiger partial charge in [0, 0.05) is 22.7 Å². The fourth-order valence-corrected chi connectivity index (χ4v) is 1.66. The summed E-state index contributed by atoms with van der Waals surface area (Å²) in [6.07, 6.45) is -5.88. The second kappa shape index (κ2) is 3.52. The Morgan fingerprint density at radius 2 is 2.00 bits per heavy atom. The van der Waals surface area contributed by atoms with Crippen LogP contribution in [0, 0.1) is 6.92 Å². The van der Waals surface area contributed by atoms with E-state index < -0.39 is 12.3 Å². The highest BCUT2D eigenvalue weighted by Crippen LogP contribution is 2.36. The normalized spacial score (nSPS) is 14.3. The SMILES string of the molecule is Cc1ccc2[nH]cc([C@@H](O)C(F)(F)F)c2c1. The van der Waals surface area contributed by atoms with Gasteiger partial charge in [0.1, 0.15) is 0 Å². The van der Waals surface area contributed by atoms with E-state index in [1.54, 1.807) is 25.1 Å². The van der Waals surface area contributed by atoms with E-state index in [1.165, 1.54) is 6.20 Å². The number of halogens is 3. The number of hydrogen-bond acceptors (Lipinski definition) is 1. The van der Waals surface area contributed by atoms with Crippen molar-refractivity contribution in [1.82, 2.24) is 4.98 Å². The number of aromatic nitrogens is 1. The Labute approximate surface area is 89.7 Å². The molecule has 2 N–H and O–H groups in total. The van der Waals surface area contributed by atoms with E-state index in [0.29, 0.717) is 10.9 Å². The molecular weight excluding hydrogens is 219 g/mol. The van der Waals surface area contributed by atoms with Crippen LogP contribution in [0.4, 0.5) is 13.2 Å². The van der Waals surface area contributed by atoms with Crippen molar-refractivity contribution in [2.75, 3.05) is 0 Å². The van der Waals surface area contributed by atoms with Crippen molar-refractivity contribution >= 4 is 10.9 Å². The minimum absolute atomic E-state index is 0.133. The average molecular weight is 229 g/mol. The maximum absolute atomic E-state index is 12.4. The lowest BCUT2D eigenvalue weighted by atomic mass is 10.1. The Balaban J connectivity index is 2.57. The third-order valence-corrected chi connectivity index (χ3v) is 2.47. The maximum atomic E-state index is 12.4. The summed E-state index contributed by atoms with van der Waals surface area (Å²) in [6.45, 7) is 1.79. The summed E-state index contributed by atoms with van der Waals surface area (Å²) in [4.78, 5) is 2.71. The van der Waals surface area contributed by atoms with Crippen LogP contribution in [-0.2, 0) is 0 Å². The van der Waals surface area contributed by atoms with Gasteiger partial charge in [-0.05, 0) is 19.1 Å². The molecule has 86 valence electrons. The van der Waals surface area contributed by atoms with Crippen molar-refractivity contribution in [3.8, 4) is 0 Å². The van der Waals surface area contributed by atoms with Crippen LogP contribution in [0.25, 0.3) is 10.9 Å². The molecule has 2 rings (SSSR count). The summed E-state index contributed by atoms with van der Waals surface area (Å²) < 4.78 is 37.1. The molecule has 1 heterocycles. The van der Waals surface area contributed by atoms with Crippen molar-refractivity contribution in [3.63, 3.8) is 0 Å². The molecule has 0 fully saturated rings. The molecule has 0 saturated heterocycles. The Morgan fingerprint density at radius 3 is 2.62 bits per heavy atom. The quantitative estimate of drug-likeness (QED) is 0.774. The standard InChI is InChI=1S/C11H10F3NO/c1-6-2-3-9-7(4-6)8(5-15-9)10(16)11(12,13)14/h2-5,10,15-16H,1H3/t10-/m1/s1. The Bertz CT molecular complexity index is 515. The van der Waals surface area contributed by atoms with Crippen LogP contribution in [0.1, 0.15) is 17.2 Å². The van der Waals surface area contributed by atoms with Gasteiger partial charge in [-0.3, -0.25) is 0 Å². The Kier molecular flexibility index (Phi) is 2.42. The maximum Gasteiger partial charge on any atom is 0.418 e. The molecule has 0 spiro atoms. The lowest BCUT2D eigenvalue weighted by molar-refractivity contribution is -0.206. The van der Waals surface area contributed by atoms with Crippen molar-refractivity contribution < 1.29 is 18.3 Å². The number of fused-ring (bicyclic) bond motifs is 1. The van der Waals surface area contributed by atoms with E-state index in [0.717, 1.165) is 5.56 Å². The van der Waals surface area contributed by atoms with Crippen molar-refractivity contribution in [1.29, 1.82) is 0 Å². The molecule has 0 aliphatic rings. The topological polar surface area (TPSA) is 36.0 Å². The van der Waals surface area contributed by atoms with Crippen LogP contribution < -0.4 is 0 Å². The molecule has 0 amide bonds. The van der Waals surface area contributed by atoms with Gasteiger partial charge in [0.2, 0.25) is 0 Å². The lowest BCUT2D eigenvalue weighted by Gasteiger charge is -2.13. The summed E-state index contributed by atoms with van der Waals surface area (Å²) in [6, 6.07) is 5.11. The zero-order valence-electron chi connectivity index (χ0n) is 8.47. The van der Waals surface area contributed by atoms with Crippen LogP contribution in [0.3, 0.4) is 0 Å². The first kappa shape index (κ1) is 11.0. The fourth-order valence-electron chi connectivity index (χ4n) is 1.66. The number of aryl methyl sites for hydroxylation is 1. The highest BCUT2D eigenvalue weighted by atomic mass is 19.4. The second-order valence-corrected chi connectivity index (χ2v) is 3.74. The molecule has 1 aromatic heterocycles. The fraction of sp³-hybridized carbons (Fsp3) is 0.273. The molecule has 1 atom stereocenters. The third-order valence-electron chi connectivity index (χ3n) is 2.47. The van der Waals surface area contributed by atoms with Gasteiger partial charge in [0.15, 0.2) is 6.10 Å². The molecule has 5 heteroatoms. The summed E-state index contributed by atoms with van der Waals surface area (Å²) in [7, 11) is 0. The van der Waals surface area contributed by atoms with Crippen molar-refractivity contribution in [3.05, 3.63) is 35.5 Å². The summed E-state index contributed by atoms with van der Waals surface area (Å²) in [5, 5.41) is 9.60. The van der Waals surface area contributed by atoms with Gasteiger partial charge in [0.25, 0.3) is 0 Å². The van der Waals surface area contributed by atoms with Gasteiger partial charge in [0.05, 0.1) is 0 Å². The largest absolute Gasteiger partial charge is 0.418 e. The molecule has 1 aromatic carbocycles. The Morgan fingerprint density at radius 1 is 1.31 bits per heavy atom. The molecule has 2 nitrogen and oxygen atoms in total. The summed E-state index contributed by atoms with van der Waals surface area (Å²) in [5.41, 5.74) is 1.30. The van der Waals surface area contributed by atoms with Gasteiger partial charge < -0.3 is 10.1 Å². The predicted octanol–water partition coefficient (Wildman–Crippen LogP) is 3.07.